The number of carbonyl (C=O) groups is 1. The highest BCUT2D eigenvalue weighted by molar-refractivity contribution is 6.12. The van der Waals surface area contributed by atoms with Gasteiger partial charge in [-0.15, -0.1) is 0 Å². The molecule has 3 rings (SSSR count). The summed E-state index contributed by atoms with van der Waals surface area (Å²) in [4.78, 5) is 12.9. The lowest BCUT2D eigenvalue weighted by molar-refractivity contribution is 0.103. The van der Waals surface area contributed by atoms with Gasteiger partial charge in [0, 0.05) is 17.2 Å². The number of carbonyl (C=O) groups excluding carboxylic acids is 1. The summed E-state index contributed by atoms with van der Waals surface area (Å²) in [6.45, 7) is 10.2. The van der Waals surface area contributed by atoms with Crippen molar-refractivity contribution in [1.29, 1.82) is 0 Å². The summed E-state index contributed by atoms with van der Waals surface area (Å²) < 4.78 is 0. The molecule has 1 aliphatic carbocycles. The van der Waals surface area contributed by atoms with Crippen LogP contribution in [-0.2, 0) is 0 Å². The van der Waals surface area contributed by atoms with Crippen LogP contribution in [0.1, 0.15) is 61.0 Å². The van der Waals surface area contributed by atoms with Crippen molar-refractivity contribution in [3.63, 3.8) is 0 Å². The predicted molar refractivity (Wildman–Crippen MR) is 105 cm³/mol. The minimum Gasteiger partial charge on any atom is -0.507 e. The third-order valence-corrected chi connectivity index (χ3v) is 5.84. The van der Waals surface area contributed by atoms with Gasteiger partial charge in [0.15, 0.2) is 0 Å². The molecule has 1 fully saturated rings. The average molecular weight is 366 g/mol. The van der Waals surface area contributed by atoms with Crippen LogP contribution in [-0.4, -0.2) is 21.1 Å². The van der Waals surface area contributed by atoms with Gasteiger partial charge in [-0.2, -0.15) is 0 Å². The normalized spacial score (nSPS) is 21.1. The molecule has 2 aromatic carbocycles. The van der Waals surface area contributed by atoms with E-state index in [9.17, 15) is 20.1 Å². The van der Waals surface area contributed by atoms with Crippen LogP contribution in [0.3, 0.4) is 0 Å². The van der Waals surface area contributed by atoms with Crippen molar-refractivity contribution in [3.8, 4) is 17.2 Å². The minimum atomic E-state index is -0.473. The third kappa shape index (κ3) is 3.32. The zero-order valence-electron chi connectivity index (χ0n) is 16.0. The fourth-order valence-electron chi connectivity index (χ4n) is 4.31. The van der Waals surface area contributed by atoms with Crippen LogP contribution in [0.4, 0.5) is 0 Å². The zero-order valence-corrected chi connectivity index (χ0v) is 16.0. The lowest BCUT2D eigenvalue weighted by Gasteiger charge is -2.29. The summed E-state index contributed by atoms with van der Waals surface area (Å²) >= 11 is 0. The van der Waals surface area contributed by atoms with Gasteiger partial charge < -0.3 is 15.3 Å². The molecule has 2 unspecified atom stereocenters. The monoisotopic (exact) mass is 366 g/mol. The van der Waals surface area contributed by atoms with E-state index in [2.05, 4.69) is 20.4 Å². The van der Waals surface area contributed by atoms with E-state index in [1.54, 1.807) is 30.3 Å². The smallest absolute Gasteiger partial charge is 0.200 e. The summed E-state index contributed by atoms with van der Waals surface area (Å²) in [7, 11) is 0. The Morgan fingerprint density at radius 3 is 2.30 bits per heavy atom. The van der Waals surface area contributed by atoms with Gasteiger partial charge in [0.05, 0.1) is 0 Å². The number of allylic oxidation sites excluding steroid dienone is 1. The Morgan fingerprint density at radius 1 is 1.11 bits per heavy atom. The molecule has 0 spiro atoms. The van der Waals surface area contributed by atoms with Crippen LogP contribution in [0.2, 0.25) is 0 Å². The van der Waals surface area contributed by atoms with Crippen LogP contribution in [0.25, 0.3) is 0 Å². The van der Waals surface area contributed by atoms with Crippen LogP contribution in [0, 0.1) is 11.3 Å². The van der Waals surface area contributed by atoms with Gasteiger partial charge in [-0.1, -0.05) is 56.3 Å². The van der Waals surface area contributed by atoms with Gasteiger partial charge in [0.1, 0.15) is 22.8 Å². The molecular formula is C23H26O4. The maximum atomic E-state index is 12.9. The molecule has 0 saturated heterocycles. The van der Waals surface area contributed by atoms with Crippen molar-refractivity contribution in [1.82, 2.24) is 0 Å². The van der Waals surface area contributed by atoms with Crippen molar-refractivity contribution in [3.05, 3.63) is 65.2 Å². The van der Waals surface area contributed by atoms with Gasteiger partial charge in [0.2, 0.25) is 5.78 Å². The molecule has 0 radical (unpaired) electrons. The first-order valence-electron chi connectivity index (χ1n) is 9.16. The molecule has 1 aliphatic rings. The molecule has 0 heterocycles. The van der Waals surface area contributed by atoms with Crippen molar-refractivity contribution in [2.24, 2.45) is 11.3 Å². The maximum Gasteiger partial charge on any atom is 0.200 e. The molecule has 27 heavy (non-hydrogen) atoms. The molecular weight excluding hydrogens is 340 g/mol. The minimum absolute atomic E-state index is 0.151. The fraction of sp³-hybridized carbons (Fsp3) is 0.348. The molecule has 2 atom stereocenters. The van der Waals surface area contributed by atoms with E-state index in [0.29, 0.717) is 11.1 Å². The summed E-state index contributed by atoms with van der Waals surface area (Å²) in [5.41, 5.74) is 1.42. The Bertz CT molecular complexity index is 896. The maximum absolute atomic E-state index is 12.9. The molecule has 4 heteroatoms. The Labute approximate surface area is 159 Å². The van der Waals surface area contributed by atoms with Gasteiger partial charge >= 0.3 is 0 Å². The van der Waals surface area contributed by atoms with E-state index >= 15 is 0 Å². The zero-order chi connectivity index (χ0) is 19.9. The number of hydrogen-bond acceptors (Lipinski definition) is 4. The number of benzene rings is 2. The number of ketones is 1. The molecule has 3 N–H and O–H groups in total. The summed E-state index contributed by atoms with van der Waals surface area (Å²) in [5, 5.41) is 31.7. The van der Waals surface area contributed by atoms with Gasteiger partial charge in [-0.05, 0) is 37.0 Å². The average Bonchev–Trinajstić information content (AvgIpc) is 2.91. The number of phenolic OH excluding ortho intramolecular Hbond substituents is 3. The Balaban J connectivity index is 2.13. The summed E-state index contributed by atoms with van der Waals surface area (Å²) in [6.07, 6.45) is 1.61. The number of phenols is 3. The Kier molecular flexibility index (Phi) is 4.77. The summed E-state index contributed by atoms with van der Waals surface area (Å²) in [6, 6.07) is 9.65. The van der Waals surface area contributed by atoms with Gasteiger partial charge in [-0.3, -0.25) is 4.79 Å². The van der Waals surface area contributed by atoms with Crippen molar-refractivity contribution in [2.75, 3.05) is 0 Å². The highest BCUT2D eigenvalue weighted by atomic mass is 16.3. The quantitative estimate of drug-likeness (QED) is 0.518. The second-order valence-electron chi connectivity index (χ2n) is 8.27. The van der Waals surface area contributed by atoms with Crippen LogP contribution < -0.4 is 0 Å². The lowest BCUT2D eigenvalue weighted by atomic mass is 9.76. The highest BCUT2D eigenvalue weighted by Crippen LogP contribution is 2.58. The first kappa shape index (κ1) is 19.0. The molecule has 142 valence electrons. The second kappa shape index (κ2) is 6.76. The lowest BCUT2D eigenvalue weighted by Crippen LogP contribution is -2.17. The van der Waals surface area contributed by atoms with Crippen molar-refractivity contribution >= 4 is 5.78 Å². The van der Waals surface area contributed by atoms with Crippen LogP contribution in [0.15, 0.2) is 48.6 Å². The predicted octanol–water partition coefficient (Wildman–Crippen LogP) is 5.13. The first-order chi connectivity index (χ1) is 12.6. The van der Waals surface area contributed by atoms with Crippen molar-refractivity contribution in [2.45, 2.75) is 39.5 Å². The van der Waals surface area contributed by atoms with Crippen molar-refractivity contribution < 1.29 is 20.1 Å². The Morgan fingerprint density at radius 2 is 1.74 bits per heavy atom. The van der Waals surface area contributed by atoms with E-state index in [1.807, 2.05) is 6.92 Å². The summed E-state index contributed by atoms with van der Waals surface area (Å²) in [5.74, 6) is -1.28. The molecule has 1 saturated carbocycles. The first-order valence-corrected chi connectivity index (χ1v) is 9.16. The molecule has 0 aromatic heterocycles. The van der Waals surface area contributed by atoms with E-state index in [-0.39, 0.29) is 34.3 Å². The Hall–Kier alpha value is -2.75. The topological polar surface area (TPSA) is 77.8 Å². The van der Waals surface area contributed by atoms with Gasteiger partial charge in [-0.25, -0.2) is 0 Å². The fourth-order valence-corrected chi connectivity index (χ4v) is 4.31. The highest BCUT2D eigenvalue weighted by Gasteiger charge is 2.44. The largest absolute Gasteiger partial charge is 0.507 e. The second-order valence-corrected chi connectivity index (χ2v) is 8.27. The molecule has 0 bridgehead atoms. The van der Waals surface area contributed by atoms with E-state index in [0.717, 1.165) is 24.5 Å². The standard InChI is InChI=1S/C23H26O4/c1-13(2)15-10-16(23(3,4)12-15)19-17(24)11-18(25)20(22(19)27)21(26)14-8-6-5-7-9-14/h5-9,11,15-16,24-25,27H,1,10,12H2,2-4H3. The SMILES string of the molecule is C=C(C)C1CC(c2c(O)cc(O)c(C(=O)c3ccccc3)c2O)C(C)(C)C1. The third-order valence-electron chi connectivity index (χ3n) is 5.84. The van der Waals surface area contributed by atoms with E-state index < -0.39 is 11.5 Å². The van der Waals surface area contributed by atoms with E-state index in [1.165, 1.54) is 0 Å². The van der Waals surface area contributed by atoms with Crippen LogP contribution >= 0.6 is 0 Å². The van der Waals surface area contributed by atoms with Gasteiger partial charge in [0.25, 0.3) is 0 Å². The molecule has 0 amide bonds. The molecule has 0 aliphatic heterocycles. The van der Waals surface area contributed by atoms with Crippen LogP contribution in [0.5, 0.6) is 17.2 Å². The molecule has 4 nitrogen and oxygen atoms in total. The molecule has 2 aromatic rings. The van der Waals surface area contributed by atoms with E-state index in [4.69, 9.17) is 0 Å². The number of aromatic hydroxyl groups is 3. The number of hydrogen-bond donors (Lipinski definition) is 3. The number of rotatable bonds is 4.